The molecule has 1 fully saturated rings. The molecule has 4 nitrogen and oxygen atoms in total. The van der Waals surface area contributed by atoms with E-state index < -0.39 is 11.9 Å². The van der Waals surface area contributed by atoms with Gasteiger partial charge in [0.05, 0.1) is 17.2 Å². The molecular formula is C14H17F3N4S. The molecule has 2 aromatic rings. The molecular weight excluding hydrogens is 313 g/mol. The molecule has 1 aliphatic rings. The number of hydrogen-bond donors (Lipinski definition) is 0. The van der Waals surface area contributed by atoms with Gasteiger partial charge in [0.15, 0.2) is 5.69 Å². The van der Waals surface area contributed by atoms with Gasteiger partial charge in [-0.05, 0) is 32.4 Å². The van der Waals surface area contributed by atoms with Crippen LogP contribution >= 0.6 is 11.3 Å². The highest BCUT2D eigenvalue weighted by atomic mass is 32.1. The minimum absolute atomic E-state index is 0.00178. The molecule has 22 heavy (non-hydrogen) atoms. The maximum Gasteiger partial charge on any atom is 0.435 e. The first kappa shape index (κ1) is 15.5. The normalized spacial score (nSPS) is 20.5. The molecule has 0 N–H and O–H groups in total. The fourth-order valence-electron chi connectivity index (χ4n) is 2.76. The first-order valence-electron chi connectivity index (χ1n) is 7.17. The van der Waals surface area contributed by atoms with Crippen LogP contribution in [-0.4, -0.2) is 32.8 Å². The van der Waals surface area contributed by atoms with E-state index in [1.807, 2.05) is 12.4 Å². The van der Waals surface area contributed by atoms with Crippen LogP contribution in [0, 0.1) is 6.92 Å². The summed E-state index contributed by atoms with van der Waals surface area (Å²) < 4.78 is 39.4. The Hall–Kier alpha value is -1.41. The van der Waals surface area contributed by atoms with Crippen molar-refractivity contribution in [2.45, 2.75) is 38.5 Å². The zero-order valence-corrected chi connectivity index (χ0v) is 13.0. The second kappa shape index (κ2) is 6.00. The van der Waals surface area contributed by atoms with Crippen LogP contribution in [0.2, 0.25) is 0 Å². The van der Waals surface area contributed by atoms with Crippen molar-refractivity contribution in [2.75, 3.05) is 13.1 Å². The van der Waals surface area contributed by atoms with Crippen LogP contribution in [0.4, 0.5) is 13.2 Å². The van der Waals surface area contributed by atoms with E-state index in [0.717, 1.165) is 44.2 Å². The van der Waals surface area contributed by atoms with Crippen molar-refractivity contribution in [1.82, 2.24) is 19.7 Å². The zero-order chi connectivity index (χ0) is 15.7. The van der Waals surface area contributed by atoms with Crippen LogP contribution in [0.5, 0.6) is 0 Å². The van der Waals surface area contributed by atoms with E-state index in [2.05, 4.69) is 15.0 Å². The lowest BCUT2D eigenvalue weighted by Crippen LogP contribution is -2.36. The average Bonchev–Trinajstić information content (AvgIpc) is 3.09. The fourth-order valence-corrected chi connectivity index (χ4v) is 3.58. The summed E-state index contributed by atoms with van der Waals surface area (Å²) >= 11 is 1.62. The quantitative estimate of drug-likeness (QED) is 0.864. The van der Waals surface area contributed by atoms with E-state index >= 15 is 0 Å². The van der Waals surface area contributed by atoms with E-state index in [1.165, 1.54) is 15.8 Å². The van der Waals surface area contributed by atoms with Crippen LogP contribution in [0.25, 0.3) is 0 Å². The van der Waals surface area contributed by atoms with Crippen molar-refractivity contribution in [3.8, 4) is 0 Å². The largest absolute Gasteiger partial charge is 0.435 e. The van der Waals surface area contributed by atoms with Crippen LogP contribution in [-0.2, 0) is 12.7 Å². The molecule has 3 rings (SSSR count). The van der Waals surface area contributed by atoms with E-state index in [-0.39, 0.29) is 6.04 Å². The summed E-state index contributed by atoms with van der Waals surface area (Å²) in [6.45, 7) is 4.47. The molecule has 2 aromatic heterocycles. The van der Waals surface area contributed by atoms with Crippen molar-refractivity contribution in [1.29, 1.82) is 0 Å². The maximum atomic E-state index is 12.6. The van der Waals surface area contributed by atoms with Gasteiger partial charge in [0, 0.05) is 24.2 Å². The maximum absolute atomic E-state index is 12.6. The second-order valence-electron chi connectivity index (χ2n) is 5.57. The summed E-state index contributed by atoms with van der Waals surface area (Å²) in [5.41, 5.74) is 2.04. The van der Waals surface area contributed by atoms with Crippen LogP contribution in [0.3, 0.4) is 0 Å². The third-order valence-corrected chi connectivity index (χ3v) is 4.89. The Kier molecular flexibility index (Phi) is 4.22. The summed E-state index contributed by atoms with van der Waals surface area (Å²) in [5.74, 6) is 0. The average molecular weight is 330 g/mol. The third-order valence-electron chi connectivity index (χ3n) is 3.97. The third kappa shape index (κ3) is 3.33. The number of nitrogens with zero attached hydrogens (tertiary/aromatic N) is 4. The summed E-state index contributed by atoms with van der Waals surface area (Å²) in [4.78, 5) is 7.73. The minimum Gasteiger partial charge on any atom is -0.296 e. The Morgan fingerprint density at radius 1 is 1.41 bits per heavy atom. The molecule has 0 aliphatic carbocycles. The van der Waals surface area contributed by atoms with Gasteiger partial charge in [0.1, 0.15) is 0 Å². The lowest BCUT2D eigenvalue weighted by molar-refractivity contribution is -0.141. The molecule has 1 aliphatic heterocycles. The molecule has 0 bridgehead atoms. The van der Waals surface area contributed by atoms with E-state index in [9.17, 15) is 13.2 Å². The number of aryl methyl sites for hydroxylation is 1. The smallest absolute Gasteiger partial charge is 0.296 e. The number of likely N-dealkylation sites (tertiary alicyclic amines) is 1. The van der Waals surface area contributed by atoms with E-state index in [0.29, 0.717) is 0 Å². The standard InChI is InChI=1S/C14H17F3N4S/c1-10-12(22-9-18-10)8-20-5-2-3-11(7-20)21-6-4-13(19-21)14(15,16)17/h4,6,9,11H,2-3,5,7-8H2,1H3/t11-/m1/s1. The van der Waals surface area contributed by atoms with Gasteiger partial charge in [-0.2, -0.15) is 18.3 Å². The SMILES string of the molecule is Cc1ncsc1CN1CCC[C@@H](n2ccc(C(F)(F)F)n2)C1. The highest BCUT2D eigenvalue weighted by Crippen LogP contribution is 2.29. The first-order chi connectivity index (χ1) is 10.4. The number of halogens is 3. The summed E-state index contributed by atoms with van der Waals surface area (Å²) in [5, 5.41) is 3.71. The Balaban J connectivity index is 1.68. The summed E-state index contributed by atoms with van der Waals surface area (Å²) in [6, 6.07) is 1.05. The number of thiazole rings is 1. The molecule has 0 aromatic carbocycles. The van der Waals surface area contributed by atoms with E-state index in [1.54, 1.807) is 11.3 Å². The van der Waals surface area contributed by atoms with Gasteiger partial charge in [0.25, 0.3) is 0 Å². The van der Waals surface area contributed by atoms with Crippen molar-refractivity contribution in [3.05, 3.63) is 34.0 Å². The van der Waals surface area contributed by atoms with Crippen molar-refractivity contribution >= 4 is 11.3 Å². The Morgan fingerprint density at radius 2 is 2.23 bits per heavy atom. The number of aromatic nitrogens is 3. The molecule has 3 heterocycles. The van der Waals surface area contributed by atoms with Gasteiger partial charge in [-0.15, -0.1) is 11.3 Å². The van der Waals surface area contributed by atoms with Crippen LogP contribution in [0.15, 0.2) is 17.8 Å². The highest BCUT2D eigenvalue weighted by Gasteiger charge is 2.34. The molecule has 0 radical (unpaired) electrons. The topological polar surface area (TPSA) is 34.0 Å². The molecule has 0 saturated carbocycles. The van der Waals surface area contributed by atoms with Gasteiger partial charge in [-0.3, -0.25) is 9.58 Å². The monoisotopic (exact) mass is 330 g/mol. The lowest BCUT2D eigenvalue weighted by atomic mass is 10.1. The van der Waals surface area contributed by atoms with E-state index in [4.69, 9.17) is 0 Å². The summed E-state index contributed by atoms with van der Waals surface area (Å²) in [7, 11) is 0. The van der Waals surface area contributed by atoms with Gasteiger partial charge in [-0.25, -0.2) is 4.98 Å². The fraction of sp³-hybridized carbons (Fsp3) is 0.571. The Bertz CT molecular complexity index is 634. The minimum atomic E-state index is -4.38. The van der Waals surface area contributed by atoms with Crippen LogP contribution < -0.4 is 0 Å². The number of piperidine rings is 1. The Morgan fingerprint density at radius 3 is 2.86 bits per heavy atom. The lowest BCUT2D eigenvalue weighted by Gasteiger charge is -2.32. The van der Waals surface area contributed by atoms with Crippen molar-refractivity contribution in [2.24, 2.45) is 0 Å². The molecule has 0 unspecified atom stereocenters. The first-order valence-corrected chi connectivity index (χ1v) is 8.05. The van der Waals surface area contributed by atoms with Crippen LogP contribution in [0.1, 0.15) is 35.1 Å². The van der Waals surface area contributed by atoms with Gasteiger partial charge >= 0.3 is 6.18 Å². The molecule has 0 spiro atoms. The molecule has 0 amide bonds. The van der Waals surface area contributed by atoms with Gasteiger partial charge < -0.3 is 0 Å². The second-order valence-corrected chi connectivity index (χ2v) is 6.51. The molecule has 1 atom stereocenters. The van der Waals surface area contributed by atoms with Gasteiger partial charge in [-0.1, -0.05) is 0 Å². The van der Waals surface area contributed by atoms with Gasteiger partial charge in [0.2, 0.25) is 0 Å². The van der Waals surface area contributed by atoms with Crippen molar-refractivity contribution < 1.29 is 13.2 Å². The molecule has 8 heteroatoms. The van der Waals surface area contributed by atoms with Crippen molar-refractivity contribution in [3.63, 3.8) is 0 Å². The summed E-state index contributed by atoms with van der Waals surface area (Å²) in [6.07, 6.45) is -1.12. The number of alkyl halides is 3. The highest BCUT2D eigenvalue weighted by molar-refractivity contribution is 7.09. The molecule has 120 valence electrons. The predicted molar refractivity (Wildman–Crippen MR) is 77.6 cm³/mol. The number of rotatable bonds is 3. The Labute approximate surface area is 130 Å². The number of hydrogen-bond acceptors (Lipinski definition) is 4. The predicted octanol–water partition coefficient (Wildman–Crippen LogP) is 3.50. The molecule has 1 saturated heterocycles. The zero-order valence-electron chi connectivity index (χ0n) is 12.2.